The van der Waals surface area contributed by atoms with Gasteiger partial charge in [0, 0.05) is 29.6 Å². The SMILES string of the molecule is Bc1c(B)c(B)c([C@@H]2C[C@@H](CCC(C)(C)N(CCN)C(B)(B)B)c3cc(Cl)ccc32)c(B)c1B. The van der Waals surface area contributed by atoms with Crippen LogP contribution in [0, 0.1) is 0 Å². The van der Waals surface area contributed by atoms with Crippen molar-refractivity contribution in [2.75, 3.05) is 13.1 Å². The van der Waals surface area contributed by atoms with E-state index in [-0.39, 0.29) is 10.8 Å². The fourth-order valence-electron chi connectivity index (χ4n) is 6.69. The number of benzene rings is 2. The Bertz CT molecular complexity index is 1040. The molecule has 2 aromatic carbocycles. The summed E-state index contributed by atoms with van der Waals surface area (Å²) in [5.41, 5.74) is 17.8. The minimum absolute atomic E-state index is 0.0807. The summed E-state index contributed by atoms with van der Waals surface area (Å²) in [5, 5.41) is 0.945. The zero-order chi connectivity index (χ0) is 25.6. The van der Waals surface area contributed by atoms with Gasteiger partial charge in [-0.15, -0.1) is 16.4 Å². The smallest absolute Gasteiger partial charge is 0.138 e. The van der Waals surface area contributed by atoms with Crippen molar-refractivity contribution in [3.8, 4) is 0 Å². The summed E-state index contributed by atoms with van der Waals surface area (Å²) in [6.07, 6.45) is 3.47. The third kappa shape index (κ3) is 5.30. The molecule has 0 amide bonds. The maximum Gasteiger partial charge on any atom is 0.138 e. The zero-order valence-corrected chi connectivity index (χ0v) is 24.1. The molecule has 34 heavy (non-hydrogen) atoms. The molecule has 2 nitrogen and oxygen atoms in total. The molecule has 1 aliphatic rings. The van der Waals surface area contributed by atoms with Crippen molar-refractivity contribution in [3.63, 3.8) is 0 Å². The van der Waals surface area contributed by atoms with E-state index in [0.717, 1.165) is 24.4 Å². The van der Waals surface area contributed by atoms with Gasteiger partial charge in [0.2, 0.25) is 0 Å². The number of hydrogen-bond donors (Lipinski definition) is 1. The van der Waals surface area contributed by atoms with Gasteiger partial charge >= 0.3 is 0 Å². The highest BCUT2D eigenvalue weighted by molar-refractivity contribution is 6.67. The largest absolute Gasteiger partial charge is 0.329 e. The van der Waals surface area contributed by atoms with E-state index in [2.05, 4.69) is 99.7 Å². The van der Waals surface area contributed by atoms with E-state index in [4.69, 9.17) is 17.3 Å². The molecule has 0 spiro atoms. The van der Waals surface area contributed by atoms with E-state index in [1.165, 1.54) is 44.9 Å². The van der Waals surface area contributed by atoms with Crippen LogP contribution in [0.15, 0.2) is 18.2 Å². The van der Waals surface area contributed by atoms with Crippen LogP contribution in [0.2, 0.25) is 5.02 Å². The van der Waals surface area contributed by atoms with Crippen LogP contribution < -0.4 is 33.0 Å². The van der Waals surface area contributed by atoms with Crippen molar-refractivity contribution >= 4 is 102 Å². The summed E-state index contributed by atoms with van der Waals surface area (Å²) in [6, 6.07) is 6.63. The quantitative estimate of drug-likeness (QED) is 0.393. The summed E-state index contributed by atoms with van der Waals surface area (Å²) < 4.78 is 0. The van der Waals surface area contributed by atoms with Gasteiger partial charge < -0.3 is 10.6 Å². The van der Waals surface area contributed by atoms with E-state index < -0.39 is 0 Å². The molecule has 0 fully saturated rings. The first kappa shape index (κ1) is 27.8. The molecule has 0 aliphatic heterocycles. The molecule has 2 atom stereocenters. The Hall–Kier alpha value is -0.831. The molecule has 172 valence electrons. The highest BCUT2D eigenvalue weighted by Crippen LogP contribution is 2.48. The topological polar surface area (TPSA) is 29.3 Å². The summed E-state index contributed by atoms with van der Waals surface area (Å²) in [7, 11) is 18.4. The van der Waals surface area contributed by atoms with Gasteiger partial charge in [-0.3, -0.25) is 0 Å². The minimum atomic E-state index is 0.0807. The van der Waals surface area contributed by atoms with Crippen LogP contribution in [0.3, 0.4) is 0 Å². The Morgan fingerprint density at radius 1 is 0.941 bits per heavy atom. The summed E-state index contributed by atoms with van der Waals surface area (Å²) in [6.45, 7) is 6.39. The normalized spacial score (nSPS) is 18.4. The van der Waals surface area contributed by atoms with Crippen LogP contribution in [-0.4, -0.2) is 91.5 Å². The second-order valence-corrected chi connectivity index (χ2v) is 12.7. The van der Waals surface area contributed by atoms with Gasteiger partial charge in [0.15, 0.2) is 0 Å². The molecule has 0 unspecified atom stereocenters. The van der Waals surface area contributed by atoms with E-state index in [0.29, 0.717) is 18.4 Å². The number of fused-ring (bicyclic) bond motifs is 1. The van der Waals surface area contributed by atoms with Crippen LogP contribution in [0.1, 0.15) is 61.6 Å². The van der Waals surface area contributed by atoms with E-state index in [1.807, 2.05) is 0 Å². The number of nitrogens with two attached hydrogens (primary N) is 1. The minimum Gasteiger partial charge on any atom is -0.329 e. The van der Waals surface area contributed by atoms with Crippen LogP contribution in [0.5, 0.6) is 0 Å². The van der Waals surface area contributed by atoms with E-state index in [9.17, 15) is 0 Å². The van der Waals surface area contributed by atoms with Crippen molar-refractivity contribution < 1.29 is 0 Å². The second-order valence-electron chi connectivity index (χ2n) is 12.3. The number of halogens is 1. The Balaban J connectivity index is 1.97. The van der Waals surface area contributed by atoms with E-state index in [1.54, 1.807) is 5.56 Å². The molecule has 3 rings (SSSR count). The molecule has 0 saturated heterocycles. The molecule has 11 heteroatoms. The van der Waals surface area contributed by atoms with Gasteiger partial charge in [-0.1, -0.05) is 39.4 Å². The first-order chi connectivity index (χ1) is 15.7. The Morgan fingerprint density at radius 2 is 1.50 bits per heavy atom. The van der Waals surface area contributed by atoms with Crippen molar-refractivity contribution in [2.45, 2.75) is 55.7 Å². The first-order valence-corrected chi connectivity index (χ1v) is 13.4. The highest BCUT2D eigenvalue weighted by atomic mass is 35.5. The van der Waals surface area contributed by atoms with Crippen molar-refractivity contribution in [2.24, 2.45) is 5.73 Å². The fraction of sp³-hybridized carbons (Fsp3) is 0.478. The third-order valence-corrected chi connectivity index (χ3v) is 9.02. The first-order valence-electron chi connectivity index (χ1n) is 13.0. The lowest BCUT2D eigenvalue weighted by Gasteiger charge is -2.48. The molecular weight excluding hydrogens is 426 g/mol. The number of rotatable bonds is 8. The summed E-state index contributed by atoms with van der Waals surface area (Å²) >= 11 is 6.54. The van der Waals surface area contributed by atoms with Crippen LogP contribution in [0.4, 0.5) is 0 Å². The molecule has 0 heterocycles. The maximum absolute atomic E-state index is 6.54. The molecule has 2 N–H and O–H groups in total. The van der Waals surface area contributed by atoms with Crippen LogP contribution >= 0.6 is 11.6 Å². The van der Waals surface area contributed by atoms with Gasteiger partial charge in [-0.05, 0) is 62.3 Å². The maximum atomic E-state index is 6.54. The second kappa shape index (κ2) is 10.3. The lowest BCUT2D eigenvalue weighted by Crippen LogP contribution is -2.61. The molecular formula is C23H39B8ClN2. The molecule has 2 aromatic rings. The van der Waals surface area contributed by atoms with Crippen molar-refractivity contribution in [1.29, 1.82) is 0 Å². The monoisotopic (exact) mass is 466 g/mol. The average molecular weight is 466 g/mol. The molecule has 0 radical (unpaired) electrons. The molecule has 0 aromatic heterocycles. The number of hydrogen-bond acceptors (Lipinski definition) is 2. The van der Waals surface area contributed by atoms with Gasteiger partial charge in [-0.25, -0.2) is 0 Å². The molecule has 1 aliphatic carbocycles. The Labute approximate surface area is 220 Å². The van der Waals surface area contributed by atoms with E-state index >= 15 is 0 Å². The standard InChI is InChI=1S/C23H39B8ClN2/c1-22(2,34(8-7-33)23(29,30)31)6-5-11-9-15(13-4-3-12(32)10-14(11)13)16-17(24)19(26)21(28)20(27)18(16)25/h3-4,10-11,15H,5-9,24-31,33H2,1-2H3/t11-,15-/m1/s1. The Kier molecular flexibility index (Phi) is 8.38. The molecule has 0 saturated carbocycles. The van der Waals surface area contributed by atoms with Crippen molar-refractivity contribution in [1.82, 2.24) is 4.90 Å². The third-order valence-electron chi connectivity index (χ3n) is 8.79. The lowest BCUT2D eigenvalue weighted by molar-refractivity contribution is 0.106. The van der Waals surface area contributed by atoms with Gasteiger partial charge in [0.25, 0.3) is 0 Å². The number of nitrogens with zero attached hydrogens (tertiary/aromatic N) is 1. The average Bonchev–Trinajstić information content (AvgIpc) is 3.10. The summed E-state index contributed by atoms with van der Waals surface area (Å²) in [4.78, 5) is 2.59. The van der Waals surface area contributed by atoms with Gasteiger partial charge in [-0.2, -0.15) is 0 Å². The van der Waals surface area contributed by atoms with Crippen LogP contribution in [-0.2, 0) is 0 Å². The fourth-order valence-corrected chi connectivity index (χ4v) is 6.87. The lowest BCUT2D eigenvalue weighted by atomic mass is 9.47. The van der Waals surface area contributed by atoms with Gasteiger partial charge in [0.05, 0.1) is 0 Å². The summed E-state index contributed by atoms with van der Waals surface area (Å²) in [5.74, 6) is 0.972. The highest BCUT2D eigenvalue weighted by Gasteiger charge is 2.38. The molecule has 0 bridgehead atoms. The Morgan fingerprint density at radius 3 is 2.03 bits per heavy atom. The zero-order valence-electron chi connectivity index (χ0n) is 23.3. The van der Waals surface area contributed by atoms with Gasteiger partial charge in [0.1, 0.15) is 62.8 Å². The predicted molar refractivity (Wildman–Crippen MR) is 175 cm³/mol. The van der Waals surface area contributed by atoms with Crippen molar-refractivity contribution in [3.05, 3.63) is 39.9 Å². The predicted octanol–water partition coefficient (Wildman–Crippen LogP) is -6.42. The van der Waals surface area contributed by atoms with Crippen LogP contribution in [0.25, 0.3) is 0 Å².